The van der Waals surface area contributed by atoms with Crippen LogP contribution in [-0.2, 0) is 5.41 Å². The van der Waals surface area contributed by atoms with Crippen molar-refractivity contribution in [1.29, 1.82) is 0 Å². The molecule has 1 aromatic heterocycles. The Morgan fingerprint density at radius 1 is 1.15 bits per heavy atom. The molecule has 0 fully saturated rings. The first-order valence-electron chi connectivity index (χ1n) is 6.34. The summed E-state index contributed by atoms with van der Waals surface area (Å²) < 4.78 is 0. The molecule has 104 valence electrons. The molecular weight excluding hydrogens is 254 g/mol. The molecule has 0 aliphatic heterocycles. The molecule has 2 aromatic rings. The Labute approximate surface area is 117 Å². The minimum atomic E-state index is -0.349. The van der Waals surface area contributed by atoms with E-state index in [2.05, 4.69) is 36.3 Å². The SMILES string of the molecule is CC(C)(C)c1ccccc1NC(=O)c1ccc(=O)[nH]n1. The summed E-state index contributed by atoms with van der Waals surface area (Å²) >= 11 is 0. The third-order valence-electron chi connectivity index (χ3n) is 2.90. The molecule has 1 aromatic carbocycles. The quantitative estimate of drug-likeness (QED) is 0.880. The highest BCUT2D eigenvalue weighted by molar-refractivity contribution is 6.03. The highest BCUT2D eigenvalue weighted by Gasteiger charge is 2.19. The molecule has 0 aliphatic carbocycles. The summed E-state index contributed by atoms with van der Waals surface area (Å²) in [5, 5.41) is 8.79. The summed E-state index contributed by atoms with van der Waals surface area (Å²) in [6.07, 6.45) is 0. The van der Waals surface area contributed by atoms with Gasteiger partial charge in [0.1, 0.15) is 5.69 Å². The van der Waals surface area contributed by atoms with Gasteiger partial charge in [-0.2, -0.15) is 5.10 Å². The molecule has 1 heterocycles. The molecule has 1 amide bonds. The zero-order valence-corrected chi connectivity index (χ0v) is 11.7. The van der Waals surface area contributed by atoms with Crippen LogP contribution in [0.3, 0.4) is 0 Å². The summed E-state index contributed by atoms with van der Waals surface area (Å²) in [5.41, 5.74) is 1.54. The number of amides is 1. The number of benzene rings is 1. The van der Waals surface area contributed by atoms with E-state index >= 15 is 0 Å². The maximum Gasteiger partial charge on any atom is 0.276 e. The van der Waals surface area contributed by atoms with E-state index in [1.54, 1.807) is 0 Å². The van der Waals surface area contributed by atoms with Gasteiger partial charge in [-0.3, -0.25) is 9.59 Å². The van der Waals surface area contributed by atoms with Crippen LogP contribution < -0.4 is 10.9 Å². The topological polar surface area (TPSA) is 74.8 Å². The highest BCUT2D eigenvalue weighted by atomic mass is 16.2. The molecule has 0 bridgehead atoms. The molecule has 0 aliphatic rings. The molecule has 0 radical (unpaired) electrons. The number of nitrogens with zero attached hydrogens (tertiary/aromatic N) is 1. The molecule has 2 N–H and O–H groups in total. The Kier molecular flexibility index (Phi) is 3.70. The fourth-order valence-electron chi connectivity index (χ4n) is 1.90. The van der Waals surface area contributed by atoms with Crippen LogP contribution in [0.2, 0.25) is 0 Å². The van der Waals surface area contributed by atoms with E-state index in [1.165, 1.54) is 12.1 Å². The van der Waals surface area contributed by atoms with E-state index in [0.29, 0.717) is 0 Å². The number of carbonyl (C=O) groups is 1. The molecule has 0 unspecified atom stereocenters. The maximum absolute atomic E-state index is 12.1. The third kappa shape index (κ3) is 3.12. The second kappa shape index (κ2) is 5.28. The lowest BCUT2D eigenvalue weighted by Gasteiger charge is -2.22. The Bertz CT molecular complexity index is 664. The van der Waals surface area contributed by atoms with Crippen molar-refractivity contribution in [2.24, 2.45) is 0 Å². The highest BCUT2D eigenvalue weighted by Crippen LogP contribution is 2.29. The number of hydrogen-bond donors (Lipinski definition) is 2. The van der Waals surface area contributed by atoms with Gasteiger partial charge in [0.2, 0.25) is 0 Å². The van der Waals surface area contributed by atoms with Gasteiger partial charge in [-0.05, 0) is 23.1 Å². The summed E-state index contributed by atoms with van der Waals surface area (Å²) in [5.74, 6) is -0.349. The van der Waals surface area contributed by atoms with Gasteiger partial charge >= 0.3 is 0 Å². The zero-order chi connectivity index (χ0) is 14.8. The Morgan fingerprint density at radius 3 is 2.45 bits per heavy atom. The van der Waals surface area contributed by atoms with Gasteiger partial charge in [-0.1, -0.05) is 39.0 Å². The largest absolute Gasteiger partial charge is 0.320 e. The number of H-pyrrole nitrogens is 1. The van der Waals surface area contributed by atoms with Gasteiger partial charge in [0, 0.05) is 11.8 Å². The first-order valence-corrected chi connectivity index (χ1v) is 6.34. The van der Waals surface area contributed by atoms with Crippen LogP contribution in [0, 0.1) is 0 Å². The average molecular weight is 271 g/mol. The Morgan fingerprint density at radius 2 is 1.85 bits per heavy atom. The number of hydrogen-bond acceptors (Lipinski definition) is 3. The molecule has 0 saturated heterocycles. The van der Waals surface area contributed by atoms with Gasteiger partial charge in [0.15, 0.2) is 0 Å². The molecule has 20 heavy (non-hydrogen) atoms. The van der Waals surface area contributed by atoms with Crippen molar-refractivity contribution >= 4 is 11.6 Å². The van der Waals surface area contributed by atoms with E-state index in [0.717, 1.165) is 11.3 Å². The number of carbonyl (C=O) groups excluding carboxylic acids is 1. The van der Waals surface area contributed by atoms with E-state index in [9.17, 15) is 9.59 Å². The van der Waals surface area contributed by atoms with Crippen molar-refractivity contribution in [3.8, 4) is 0 Å². The molecule has 5 nitrogen and oxygen atoms in total. The summed E-state index contributed by atoms with van der Waals surface area (Å²) in [4.78, 5) is 23.0. The second-order valence-electron chi connectivity index (χ2n) is 5.56. The van der Waals surface area contributed by atoms with Crippen LogP contribution in [0.15, 0.2) is 41.2 Å². The lowest BCUT2D eigenvalue weighted by Crippen LogP contribution is -2.21. The average Bonchev–Trinajstić information content (AvgIpc) is 2.38. The van der Waals surface area contributed by atoms with Crippen LogP contribution in [0.4, 0.5) is 5.69 Å². The van der Waals surface area contributed by atoms with Crippen molar-refractivity contribution in [2.45, 2.75) is 26.2 Å². The normalized spacial score (nSPS) is 11.2. The number of aromatic nitrogens is 2. The smallest absolute Gasteiger partial charge is 0.276 e. The minimum absolute atomic E-state index is 0.0810. The molecule has 5 heteroatoms. The zero-order valence-electron chi connectivity index (χ0n) is 11.7. The van der Waals surface area contributed by atoms with Crippen molar-refractivity contribution in [3.05, 3.63) is 58.0 Å². The standard InChI is InChI=1S/C15H17N3O2/c1-15(2,3)10-6-4-5-7-11(10)16-14(20)12-8-9-13(19)18-17-12/h4-9H,1-3H3,(H,16,20)(H,18,19). The number of rotatable bonds is 2. The summed E-state index contributed by atoms with van der Waals surface area (Å²) in [6.45, 7) is 6.24. The van der Waals surface area contributed by atoms with Crippen molar-refractivity contribution in [1.82, 2.24) is 10.2 Å². The fraction of sp³-hybridized carbons (Fsp3) is 0.267. The maximum atomic E-state index is 12.1. The number of para-hydroxylation sites is 1. The van der Waals surface area contributed by atoms with Gasteiger partial charge in [0.05, 0.1) is 0 Å². The number of aromatic amines is 1. The van der Waals surface area contributed by atoms with Crippen molar-refractivity contribution in [2.75, 3.05) is 5.32 Å². The lowest BCUT2D eigenvalue weighted by atomic mass is 9.86. The van der Waals surface area contributed by atoms with E-state index in [1.807, 2.05) is 24.3 Å². The van der Waals surface area contributed by atoms with Gasteiger partial charge in [-0.15, -0.1) is 0 Å². The lowest BCUT2D eigenvalue weighted by molar-refractivity contribution is 0.102. The van der Waals surface area contributed by atoms with Crippen LogP contribution in [0.25, 0.3) is 0 Å². The molecule has 0 saturated carbocycles. The predicted octanol–water partition coefficient (Wildman–Crippen LogP) is 2.32. The Hall–Kier alpha value is -2.43. The van der Waals surface area contributed by atoms with E-state index in [4.69, 9.17) is 0 Å². The predicted molar refractivity (Wildman–Crippen MR) is 78.0 cm³/mol. The monoisotopic (exact) mass is 271 g/mol. The van der Waals surface area contributed by atoms with E-state index in [-0.39, 0.29) is 22.6 Å². The summed E-state index contributed by atoms with van der Waals surface area (Å²) in [6, 6.07) is 10.3. The molecule has 0 atom stereocenters. The molecule has 0 spiro atoms. The molecular formula is C15H17N3O2. The van der Waals surface area contributed by atoms with Gasteiger partial charge in [-0.25, -0.2) is 5.10 Å². The van der Waals surface area contributed by atoms with Crippen LogP contribution in [-0.4, -0.2) is 16.1 Å². The summed E-state index contributed by atoms with van der Waals surface area (Å²) in [7, 11) is 0. The van der Waals surface area contributed by atoms with Crippen molar-refractivity contribution < 1.29 is 4.79 Å². The molecule has 2 rings (SSSR count). The fourth-order valence-corrected chi connectivity index (χ4v) is 1.90. The van der Waals surface area contributed by atoms with Crippen LogP contribution in [0.1, 0.15) is 36.8 Å². The first-order chi connectivity index (χ1) is 9.38. The number of nitrogens with one attached hydrogen (secondary N) is 2. The van der Waals surface area contributed by atoms with Crippen molar-refractivity contribution in [3.63, 3.8) is 0 Å². The van der Waals surface area contributed by atoms with Gasteiger partial charge < -0.3 is 5.32 Å². The van der Waals surface area contributed by atoms with Crippen LogP contribution in [0.5, 0.6) is 0 Å². The Balaban J connectivity index is 2.29. The van der Waals surface area contributed by atoms with Gasteiger partial charge in [0.25, 0.3) is 11.5 Å². The van der Waals surface area contributed by atoms with Crippen LogP contribution >= 0.6 is 0 Å². The first kappa shape index (κ1) is 14.0. The minimum Gasteiger partial charge on any atom is -0.320 e. The van der Waals surface area contributed by atoms with E-state index < -0.39 is 0 Å². The third-order valence-corrected chi connectivity index (χ3v) is 2.90. The number of anilines is 1. The second-order valence-corrected chi connectivity index (χ2v) is 5.56.